The topological polar surface area (TPSA) is 100 Å². The molecule has 1 heterocycles. The number of nitrogens with zero attached hydrogens (tertiary/aromatic N) is 2. The fourth-order valence-corrected chi connectivity index (χ4v) is 2.05. The largest absolute Gasteiger partial charge is 0.475 e. The Bertz CT molecular complexity index is 783. The van der Waals surface area contributed by atoms with E-state index in [0.29, 0.717) is 12.1 Å². The molecule has 0 aliphatic heterocycles. The molecule has 1 aromatic heterocycles. The van der Waals surface area contributed by atoms with E-state index in [1.807, 2.05) is 12.1 Å². The van der Waals surface area contributed by atoms with Crippen molar-refractivity contribution >= 4 is 17.5 Å². The van der Waals surface area contributed by atoms with Crippen molar-refractivity contribution in [2.45, 2.75) is 13.0 Å². The summed E-state index contributed by atoms with van der Waals surface area (Å²) in [7, 11) is 0. The summed E-state index contributed by atoms with van der Waals surface area (Å²) in [6, 6.07) is 12.2. The van der Waals surface area contributed by atoms with Gasteiger partial charge in [-0.3, -0.25) is 9.59 Å². The van der Waals surface area contributed by atoms with E-state index in [9.17, 15) is 14.4 Å². The molecule has 1 aromatic carbocycles. The number of hydrogen-bond acceptors (Lipinski definition) is 4. The van der Waals surface area contributed by atoms with E-state index in [1.165, 1.54) is 6.07 Å². The molecule has 0 fully saturated rings. The predicted molar refractivity (Wildman–Crippen MR) is 76.3 cm³/mol. The van der Waals surface area contributed by atoms with Crippen molar-refractivity contribution in [2.75, 3.05) is 0 Å². The van der Waals surface area contributed by atoms with E-state index >= 15 is 0 Å². The van der Waals surface area contributed by atoms with Crippen LogP contribution in [0.15, 0.2) is 42.6 Å². The minimum atomic E-state index is -1.62. The lowest BCUT2D eigenvalue weighted by Gasteiger charge is -2.08. The SMILES string of the molecule is N#Cc1cccc(Cn2cccc2C(=O)CC(=O)C(=O)O)c1. The predicted octanol–water partition coefficient (Wildman–Crippen LogP) is 1.63. The second-order valence-electron chi connectivity index (χ2n) is 4.66. The summed E-state index contributed by atoms with van der Waals surface area (Å²) in [6.07, 6.45) is 0.995. The van der Waals surface area contributed by atoms with E-state index in [0.717, 1.165) is 5.56 Å². The minimum Gasteiger partial charge on any atom is -0.475 e. The first-order valence-corrected chi connectivity index (χ1v) is 6.44. The van der Waals surface area contributed by atoms with Gasteiger partial charge in [-0.05, 0) is 29.8 Å². The van der Waals surface area contributed by atoms with Gasteiger partial charge in [0, 0.05) is 12.7 Å². The molecule has 6 nitrogen and oxygen atoms in total. The number of aliphatic carboxylic acids is 1. The maximum atomic E-state index is 12.0. The monoisotopic (exact) mass is 296 g/mol. The van der Waals surface area contributed by atoms with Crippen LogP contribution in [0, 0.1) is 11.3 Å². The molecule has 0 amide bonds. The fraction of sp³-hybridized carbons (Fsp3) is 0.125. The van der Waals surface area contributed by atoms with Gasteiger partial charge in [-0.1, -0.05) is 12.1 Å². The highest BCUT2D eigenvalue weighted by Gasteiger charge is 2.19. The van der Waals surface area contributed by atoms with Gasteiger partial charge >= 0.3 is 5.97 Å². The summed E-state index contributed by atoms with van der Waals surface area (Å²) in [6.45, 7) is 0.352. The molecule has 2 rings (SSSR count). The molecular formula is C16H12N2O4. The van der Waals surface area contributed by atoms with Gasteiger partial charge < -0.3 is 9.67 Å². The zero-order chi connectivity index (χ0) is 16.1. The van der Waals surface area contributed by atoms with Gasteiger partial charge in [-0.15, -0.1) is 0 Å². The van der Waals surface area contributed by atoms with Crippen molar-refractivity contribution in [3.05, 3.63) is 59.4 Å². The number of ketones is 2. The minimum absolute atomic E-state index is 0.261. The van der Waals surface area contributed by atoms with Crippen LogP contribution in [0.2, 0.25) is 0 Å². The average Bonchev–Trinajstić information content (AvgIpc) is 2.95. The summed E-state index contributed by atoms with van der Waals surface area (Å²) in [5.74, 6) is -3.30. The molecule has 110 valence electrons. The number of aromatic nitrogens is 1. The van der Waals surface area contributed by atoms with Crippen LogP contribution in [0.1, 0.15) is 28.0 Å². The Kier molecular flexibility index (Phi) is 4.49. The van der Waals surface area contributed by atoms with Crippen molar-refractivity contribution in [1.29, 1.82) is 5.26 Å². The summed E-state index contributed by atoms with van der Waals surface area (Å²) >= 11 is 0. The van der Waals surface area contributed by atoms with Crippen LogP contribution in [-0.2, 0) is 16.1 Å². The van der Waals surface area contributed by atoms with Crippen LogP contribution in [0.25, 0.3) is 0 Å². The van der Waals surface area contributed by atoms with Gasteiger partial charge in [-0.2, -0.15) is 5.26 Å². The summed E-state index contributed by atoms with van der Waals surface area (Å²) in [5, 5.41) is 17.4. The number of carboxylic acids is 1. The van der Waals surface area contributed by atoms with Crippen LogP contribution in [0.5, 0.6) is 0 Å². The van der Waals surface area contributed by atoms with Crippen molar-refractivity contribution in [3.63, 3.8) is 0 Å². The molecular weight excluding hydrogens is 284 g/mol. The Labute approximate surface area is 126 Å². The lowest BCUT2D eigenvalue weighted by atomic mass is 10.1. The Morgan fingerprint density at radius 1 is 1.18 bits per heavy atom. The standard InChI is InChI=1S/C16H12N2O4/c17-9-11-3-1-4-12(7-11)10-18-6-2-5-13(18)14(19)8-15(20)16(21)22/h1-7H,8,10H2,(H,21,22). The van der Waals surface area contributed by atoms with Gasteiger partial charge in [-0.25, -0.2) is 4.79 Å². The van der Waals surface area contributed by atoms with E-state index < -0.39 is 24.0 Å². The van der Waals surface area contributed by atoms with E-state index in [2.05, 4.69) is 0 Å². The van der Waals surface area contributed by atoms with Crippen LogP contribution in [0.3, 0.4) is 0 Å². The Balaban J connectivity index is 2.19. The van der Waals surface area contributed by atoms with Crippen LogP contribution < -0.4 is 0 Å². The van der Waals surface area contributed by atoms with E-state index in [-0.39, 0.29) is 5.69 Å². The number of Topliss-reactive ketones (excluding diaryl/α,β-unsaturated/α-hetero) is 2. The molecule has 0 saturated heterocycles. The normalized spacial score (nSPS) is 9.95. The van der Waals surface area contributed by atoms with Gasteiger partial charge in [0.2, 0.25) is 5.78 Å². The molecule has 0 unspecified atom stereocenters. The number of carbonyl (C=O) groups excluding carboxylic acids is 2. The third-order valence-electron chi connectivity index (χ3n) is 3.08. The quantitative estimate of drug-likeness (QED) is 0.496. The summed E-state index contributed by atoms with van der Waals surface area (Å²) in [5.41, 5.74) is 1.60. The zero-order valence-electron chi connectivity index (χ0n) is 11.5. The summed E-state index contributed by atoms with van der Waals surface area (Å²) < 4.78 is 1.62. The first-order valence-electron chi connectivity index (χ1n) is 6.44. The molecule has 0 spiro atoms. The maximum Gasteiger partial charge on any atom is 0.372 e. The van der Waals surface area contributed by atoms with Crippen molar-refractivity contribution in [2.24, 2.45) is 0 Å². The average molecular weight is 296 g/mol. The Hall–Kier alpha value is -3.20. The maximum absolute atomic E-state index is 12.0. The van der Waals surface area contributed by atoms with E-state index in [4.69, 9.17) is 10.4 Å². The third kappa shape index (κ3) is 3.46. The molecule has 0 atom stereocenters. The van der Waals surface area contributed by atoms with Crippen LogP contribution in [0.4, 0.5) is 0 Å². The molecule has 0 aliphatic carbocycles. The van der Waals surface area contributed by atoms with E-state index in [1.54, 1.807) is 35.0 Å². The van der Waals surface area contributed by atoms with Gasteiger partial charge in [0.1, 0.15) is 0 Å². The second kappa shape index (κ2) is 6.50. The lowest BCUT2D eigenvalue weighted by molar-refractivity contribution is -0.148. The van der Waals surface area contributed by atoms with Gasteiger partial charge in [0.05, 0.1) is 23.7 Å². The highest BCUT2D eigenvalue weighted by atomic mass is 16.4. The second-order valence-corrected chi connectivity index (χ2v) is 4.66. The Morgan fingerprint density at radius 2 is 1.95 bits per heavy atom. The highest BCUT2D eigenvalue weighted by Crippen LogP contribution is 2.12. The van der Waals surface area contributed by atoms with Crippen molar-refractivity contribution in [3.8, 4) is 6.07 Å². The molecule has 0 aliphatic rings. The first-order chi connectivity index (χ1) is 10.5. The number of rotatable bonds is 6. The third-order valence-corrected chi connectivity index (χ3v) is 3.08. The molecule has 22 heavy (non-hydrogen) atoms. The molecule has 0 saturated carbocycles. The number of benzene rings is 1. The highest BCUT2D eigenvalue weighted by molar-refractivity contribution is 6.37. The molecule has 0 radical (unpaired) electrons. The van der Waals surface area contributed by atoms with Gasteiger partial charge in [0.25, 0.3) is 0 Å². The number of nitriles is 1. The van der Waals surface area contributed by atoms with Crippen molar-refractivity contribution in [1.82, 2.24) is 4.57 Å². The lowest BCUT2D eigenvalue weighted by Crippen LogP contribution is -2.19. The number of hydrogen-bond donors (Lipinski definition) is 1. The zero-order valence-corrected chi connectivity index (χ0v) is 11.5. The fourth-order valence-electron chi connectivity index (χ4n) is 2.05. The molecule has 0 bridgehead atoms. The molecule has 2 aromatic rings. The smallest absolute Gasteiger partial charge is 0.372 e. The number of carboxylic acid groups (broad SMARTS) is 1. The van der Waals surface area contributed by atoms with Crippen molar-refractivity contribution < 1.29 is 19.5 Å². The summed E-state index contributed by atoms with van der Waals surface area (Å²) in [4.78, 5) is 33.6. The number of carbonyl (C=O) groups is 3. The molecule has 6 heteroatoms. The first kappa shape index (κ1) is 15.2. The van der Waals surface area contributed by atoms with Crippen LogP contribution >= 0.6 is 0 Å². The molecule has 1 N–H and O–H groups in total. The Morgan fingerprint density at radius 3 is 2.64 bits per heavy atom. The van der Waals surface area contributed by atoms with Gasteiger partial charge in [0.15, 0.2) is 5.78 Å². The van der Waals surface area contributed by atoms with Crippen LogP contribution in [-0.4, -0.2) is 27.2 Å².